The summed E-state index contributed by atoms with van der Waals surface area (Å²) in [5, 5.41) is 7.56. The van der Waals surface area contributed by atoms with Crippen LogP contribution in [-0.4, -0.2) is 35.3 Å². The molecule has 1 saturated carbocycles. The molecular formula is C21H28ClN3O3. The van der Waals surface area contributed by atoms with Gasteiger partial charge in [-0.1, -0.05) is 36.5 Å². The third-order valence-corrected chi connectivity index (χ3v) is 5.41. The number of benzene rings is 1. The Morgan fingerprint density at radius 2 is 2.07 bits per heavy atom. The summed E-state index contributed by atoms with van der Waals surface area (Å²) >= 11 is 5.88. The van der Waals surface area contributed by atoms with Crippen LogP contribution in [0.25, 0.3) is 11.4 Å². The van der Waals surface area contributed by atoms with E-state index in [1.807, 2.05) is 12.1 Å². The summed E-state index contributed by atoms with van der Waals surface area (Å²) in [4.78, 5) is 16.3. The van der Waals surface area contributed by atoms with Crippen LogP contribution in [0.1, 0.15) is 51.3 Å². The molecule has 0 bridgehead atoms. The summed E-state index contributed by atoms with van der Waals surface area (Å²) in [5.41, 5.74) is 0.851. The van der Waals surface area contributed by atoms with Gasteiger partial charge in [0.25, 0.3) is 0 Å². The summed E-state index contributed by atoms with van der Waals surface area (Å²) < 4.78 is 11.2. The zero-order valence-electron chi connectivity index (χ0n) is 16.3. The summed E-state index contributed by atoms with van der Waals surface area (Å²) in [7, 11) is 0. The van der Waals surface area contributed by atoms with Gasteiger partial charge in [-0.15, -0.1) is 0 Å². The Bertz CT molecular complexity index is 748. The predicted molar refractivity (Wildman–Crippen MR) is 108 cm³/mol. The molecule has 0 spiro atoms. The molecule has 7 heteroatoms. The maximum absolute atomic E-state index is 12.0. The highest BCUT2D eigenvalue weighted by Gasteiger charge is 2.21. The van der Waals surface area contributed by atoms with E-state index in [4.69, 9.17) is 20.9 Å². The van der Waals surface area contributed by atoms with Gasteiger partial charge in [0.1, 0.15) is 0 Å². The Labute approximate surface area is 171 Å². The smallest absolute Gasteiger partial charge is 0.226 e. The molecule has 1 heterocycles. The molecule has 1 amide bonds. The maximum atomic E-state index is 12.0. The lowest BCUT2D eigenvalue weighted by Crippen LogP contribution is -2.31. The van der Waals surface area contributed by atoms with Gasteiger partial charge in [0.2, 0.25) is 17.6 Å². The van der Waals surface area contributed by atoms with Gasteiger partial charge >= 0.3 is 0 Å². The van der Waals surface area contributed by atoms with Gasteiger partial charge in [-0.2, -0.15) is 4.98 Å². The second-order valence-corrected chi connectivity index (χ2v) is 7.83. The third-order valence-electron chi connectivity index (χ3n) is 5.15. The molecule has 3 rings (SSSR count). The lowest BCUT2D eigenvalue weighted by atomic mass is 9.88. The van der Waals surface area contributed by atoms with Gasteiger partial charge in [0.15, 0.2) is 0 Å². The molecule has 28 heavy (non-hydrogen) atoms. The van der Waals surface area contributed by atoms with E-state index >= 15 is 0 Å². The number of carbonyl (C=O) groups is 1. The first kappa shape index (κ1) is 20.8. The summed E-state index contributed by atoms with van der Waals surface area (Å²) in [6.45, 7) is 3.39. The molecule has 1 aromatic carbocycles. The topological polar surface area (TPSA) is 77.2 Å². The number of nitrogens with one attached hydrogen (secondary N) is 1. The SMILES string of the molecule is CC1CCCCC1OCCNC(=O)CCCc1nc(-c2ccc(Cl)cc2)no1. The molecule has 1 aromatic heterocycles. The van der Waals surface area contributed by atoms with Crippen molar-refractivity contribution in [2.45, 2.75) is 58.0 Å². The van der Waals surface area contributed by atoms with E-state index < -0.39 is 0 Å². The van der Waals surface area contributed by atoms with Gasteiger partial charge in [-0.25, -0.2) is 0 Å². The van der Waals surface area contributed by atoms with Gasteiger partial charge in [0, 0.05) is 30.0 Å². The summed E-state index contributed by atoms with van der Waals surface area (Å²) in [6.07, 6.45) is 6.94. The van der Waals surface area contributed by atoms with Crippen LogP contribution in [0.3, 0.4) is 0 Å². The average Bonchev–Trinajstić information content (AvgIpc) is 3.16. The number of ether oxygens (including phenoxy) is 1. The van der Waals surface area contributed by atoms with Crippen molar-refractivity contribution in [1.82, 2.24) is 15.5 Å². The predicted octanol–water partition coefficient (Wildman–Crippen LogP) is 4.42. The van der Waals surface area contributed by atoms with Crippen molar-refractivity contribution in [1.29, 1.82) is 0 Å². The second kappa shape index (κ2) is 10.6. The number of hydrogen-bond acceptors (Lipinski definition) is 5. The fraction of sp³-hybridized carbons (Fsp3) is 0.571. The highest BCUT2D eigenvalue weighted by Crippen LogP contribution is 2.26. The normalized spacial score (nSPS) is 19.5. The number of aryl methyl sites for hydroxylation is 1. The first-order valence-corrected chi connectivity index (χ1v) is 10.5. The van der Waals surface area contributed by atoms with Gasteiger partial charge < -0.3 is 14.6 Å². The molecule has 0 aliphatic heterocycles. The van der Waals surface area contributed by atoms with Crippen LogP contribution in [0.4, 0.5) is 0 Å². The minimum absolute atomic E-state index is 0.0257. The largest absolute Gasteiger partial charge is 0.376 e. The minimum Gasteiger partial charge on any atom is -0.376 e. The fourth-order valence-electron chi connectivity index (χ4n) is 3.49. The molecule has 1 fully saturated rings. The highest BCUT2D eigenvalue weighted by atomic mass is 35.5. The summed E-state index contributed by atoms with van der Waals surface area (Å²) in [5.74, 6) is 1.71. The van der Waals surface area contributed by atoms with Gasteiger partial charge in [-0.3, -0.25) is 4.79 Å². The van der Waals surface area contributed by atoms with Crippen molar-refractivity contribution in [3.8, 4) is 11.4 Å². The van der Waals surface area contributed by atoms with E-state index in [1.54, 1.807) is 12.1 Å². The van der Waals surface area contributed by atoms with E-state index in [-0.39, 0.29) is 5.91 Å². The van der Waals surface area contributed by atoms with Crippen LogP contribution in [0.2, 0.25) is 5.02 Å². The van der Waals surface area contributed by atoms with E-state index in [2.05, 4.69) is 22.4 Å². The van der Waals surface area contributed by atoms with Crippen LogP contribution in [0, 0.1) is 5.92 Å². The van der Waals surface area contributed by atoms with Crippen molar-refractivity contribution in [2.75, 3.05) is 13.2 Å². The van der Waals surface area contributed by atoms with Crippen molar-refractivity contribution in [2.24, 2.45) is 5.92 Å². The summed E-state index contributed by atoms with van der Waals surface area (Å²) in [6, 6.07) is 7.27. The second-order valence-electron chi connectivity index (χ2n) is 7.39. The number of halogens is 1. The number of nitrogens with zero attached hydrogens (tertiary/aromatic N) is 2. The van der Waals surface area contributed by atoms with Crippen LogP contribution in [0.5, 0.6) is 0 Å². The first-order valence-electron chi connectivity index (χ1n) is 10.1. The van der Waals surface area contributed by atoms with E-state index in [0.29, 0.717) is 61.2 Å². The zero-order valence-corrected chi connectivity index (χ0v) is 17.1. The molecule has 1 aliphatic rings. The maximum Gasteiger partial charge on any atom is 0.226 e. The zero-order chi connectivity index (χ0) is 19.8. The van der Waals surface area contributed by atoms with E-state index in [1.165, 1.54) is 19.3 Å². The van der Waals surface area contributed by atoms with Crippen LogP contribution in [0.15, 0.2) is 28.8 Å². The lowest BCUT2D eigenvalue weighted by molar-refractivity contribution is -0.121. The Balaban J connectivity index is 1.30. The van der Waals surface area contributed by atoms with Crippen LogP contribution in [-0.2, 0) is 16.0 Å². The monoisotopic (exact) mass is 405 g/mol. The number of hydrogen-bond donors (Lipinski definition) is 1. The van der Waals surface area contributed by atoms with E-state index in [9.17, 15) is 4.79 Å². The Morgan fingerprint density at radius 3 is 2.86 bits per heavy atom. The third kappa shape index (κ3) is 6.31. The standard InChI is InChI=1S/C21H28ClN3O3/c1-15-5-2-3-6-18(15)27-14-13-23-19(26)7-4-8-20-24-21(25-28-20)16-9-11-17(22)12-10-16/h9-12,15,18H,2-8,13-14H2,1H3,(H,23,26). The Kier molecular flexibility index (Phi) is 7.86. The van der Waals surface area contributed by atoms with Crippen molar-refractivity contribution in [3.63, 3.8) is 0 Å². The van der Waals surface area contributed by atoms with Crippen molar-refractivity contribution >= 4 is 17.5 Å². The van der Waals surface area contributed by atoms with Crippen LogP contribution < -0.4 is 5.32 Å². The fourth-order valence-corrected chi connectivity index (χ4v) is 3.62. The lowest BCUT2D eigenvalue weighted by Gasteiger charge is -2.28. The molecule has 2 aromatic rings. The number of rotatable bonds is 9. The van der Waals surface area contributed by atoms with Gasteiger partial charge in [0.05, 0.1) is 12.7 Å². The number of carbonyl (C=O) groups excluding carboxylic acids is 1. The molecule has 6 nitrogen and oxygen atoms in total. The quantitative estimate of drug-likeness (QED) is 0.624. The van der Waals surface area contributed by atoms with Crippen molar-refractivity contribution in [3.05, 3.63) is 35.2 Å². The molecule has 0 radical (unpaired) electrons. The van der Waals surface area contributed by atoms with Crippen molar-refractivity contribution < 1.29 is 14.1 Å². The molecule has 2 unspecified atom stereocenters. The highest BCUT2D eigenvalue weighted by molar-refractivity contribution is 6.30. The minimum atomic E-state index is 0.0257. The molecule has 152 valence electrons. The molecular weight excluding hydrogens is 378 g/mol. The molecule has 2 atom stereocenters. The van der Waals surface area contributed by atoms with E-state index in [0.717, 1.165) is 12.0 Å². The average molecular weight is 406 g/mol. The number of aromatic nitrogens is 2. The Morgan fingerprint density at radius 1 is 1.29 bits per heavy atom. The van der Waals surface area contributed by atoms with Gasteiger partial charge in [-0.05, 0) is 49.4 Å². The Hall–Kier alpha value is -1.92. The number of amides is 1. The first-order chi connectivity index (χ1) is 13.6. The van der Waals surface area contributed by atoms with Crippen LogP contribution >= 0.6 is 11.6 Å². The molecule has 1 aliphatic carbocycles. The molecule has 1 N–H and O–H groups in total. The molecule has 0 saturated heterocycles.